The molecule has 1 saturated carbocycles. The van der Waals surface area contributed by atoms with Gasteiger partial charge in [-0.3, -0.25) is 4.90 Å². The highest BCUT2D eigenvalue weighted by Crippen LogP contribution is 2.26. The van der Waals surface area contributed by atoms with Gasteiger partial charge in [0.2, 0.25) is 0 Å². The molecule has 1 rings (SSSR count). The third kappa shape index (κ3) is 4.99. The predicted molar refractivity (Wildman–Crippen MR) is 59.5 cm³/mol. The summed E-state index contributed by atoms with van der Waals surface area (Å²) in [5.74, 6) is 0. The van der Waals surface area contributed by atoms with E-state index in [0.29, 0.717) is 0 Å². The highest BCUT2D eigenvalue weighted by Gasteiger charge is 2.27. The average Bonchev–Trinajstić information content (AvgIpc) is 2.93. The Bertz CT molecular complexity index is 128. The monoisotopic (exact) mass is 249 g/mol. The van der Waals surface area contributed by atoms with Gasteiger partial charge in [0, 0.05) is 37.7 Å². The maximum atomic E-state index is 5.32. The Labute approximate surface area is 89.8 Å². The van der Waals surface area contributed by atoms with E-state index in [4.69, 9.17) is 4.74 Å². The third-order valence-electron chi connectivity index (χ3n) is 2.37. The van der Waals surface area contributed by atoms with E-state index in [0.717, 1.165) is 24.6 Å². The lowest BCUT2D eigenvalue weighted by molar-refractivity contribution is 0.131. The normalized spacial score (nSPS) is 16.8. The fraction of sp³-hybridized carbons (Fsp3) is 1.00. The first kappa shape index (κ1) is 11.5. The second-order valence-electron chi connectivity index (χ2n) is 3.51. The zero-order chi connectivity index (χ0) is 9.52. The summed E-state index contributed by atoms with van der Waals surface area (Å²) in [5.41, 5.74) is 0. The van der Waals surface area contributed by atoms with Gasteiger partial charge in [0.05, 0.1) is 0 Å². The van der Waals surface area contributed by atoms with Crippen molar-refractivity contribution in [3.63, 3.8) is 0 Å². The van der Waals surface area contributed by atoms with Crippen molar-refractivity contribution in [3.05, 3.63) is 0 Å². The summed E-state index contributed by atoms with van der Waals surface area (Å²) in [6, 6.07) is 0.888. The molecule has 0 N–H and O–H groups in total. The molecule has 0 spiro atoms. The Morgan fingerprint density at radius 1 is 1.38 bits per heavy atom. The Balaban J connectivity index is 2.00. The van der Waals surface area contributed by atoms with E-state index in [1.54, 1.807) is 0 Å². The van der Waals surface area contributed by atoms with Gasteiger partial charge in [-0.05, 0) is 26.2 Å². The SMILES string of the molecule is CCOCCCN(CCBr)C1CC1. The summed E-state index contributed by atoms with van der Waals surface area (Å²) in [4.78, 5) is 2.58. The van der Waals surface area contributed by atoms with Gasteiger partial charge in [-0.1, -0.05) is 15.9 Å². The van der Waals surface area contributed by atoms with Crippen LogP contribution in [0.25, 0.3) is 0 Å². The molecule has 1 fully saturated rings. The number of alkyl halides is 1. The zero-order valence-electron chi connectivity index (χ0n) is 8.47. The van der Waals surface area contributed by atoms with Gasteiger partial charge in [0.1, 0.15) is 0 Å². The van der Waals surface area contributed by atoms with Crippen LogP contribution in [-0.4, -0.2) is 42.6 Å². The van der Waals surface area contributed by atoms with E-state index in [9.17, 15) is 0 Å². The maximum absolute atomic E-state index is 5.32. The van der Waals surface area contributed by atoms with Crippen molar-refractivity contribution in [3.8, 4) is 0 Å². The lowest BCUT2D eigenvalue weighted by Crippen LogP contribution is -2.29. The first-order valence-electron chi connectivity index (χ1n) is 5.26. The van der Waals surface area contributed by atoms with Crippen molar-refractivity contribution in [1.29, 1.82) is 0 Å². The van der Waals surface area contributed by atoms with E-state index in [-0.39, 0.29) is 0 Å². The summed E-state index contributed by atoms with van der Waals surface area (Å²) < 4.78 is 5.32. The number of hydrogen-bond acceptors (Lipinski definition) is 2. The molecule has 0 saturated heterocycles. The number of nitrogens with zero attached hydrogens (tertiary/aromatic N) is 1. The van der Waals surface area contributed by atoms with Crippen LogP contribution in [0.1, 0.15) is 26.2 Å². The molecule has 13 heavy (non-hydrogen) atoms. The van der Waals surface area contributed by atoms with Crippen LogP contribution in [0.4, 0.5) is 0 Å². The molecule has 1 aliphatic carbocycles. The van der Waals surface area contributed by atoms with Gasteiger partial charge >= 0.3 is 0 Å². The van der Waals surface area contributed by atoms with Crippen molar-refractivity contribution in [1.82, 2.24) is 4.90 Å². The topological polar surface area (TPSA) is 12.5 Å². The van der Waals surface area contributed by atoms with Crippen LogP contribution in [0.5, 0.6) is 0 Å². The van der Waals surface area contributed by atoms with E-state index in [1.165, 1.54) is 32.4 Å². The van der Waals surface area contributed by atoms with Crippen molar-refractivity contribution < 1.29 is 4.74 Å². The lowest BCUT2D eigenvalue weighted by Gasteiger charge is -2.20. The molecule has 3 heteroatoms. The maximum Gasteiger partial charge on any atom is 0.0478 e. The molecule has 0 aromatic heterocycles. The molecule has 1 aliphatic rings. The minimum atomic E-state index is 0.849. The summed E-state index contributed by atoms with van der Waals surface area (Å²) >= 11 is 3.50. The predicted octanol–water partition coefficient (Wildman–Crippen LogP) is 2.27. The first-order chi connectivity index (χ1) is 6.38. The highest BCUT2D eigenvalue weighted by molar-refractivity contribution is 9.09. The summed E-state index contributed by atoms with van der Waals surface area (Å²) in [6.07, 6.45) is 3.99. The van der Waals surface area contributed by atoms with Crippen LogP contribution in [0.3, 0.4) is 0 Å². The molecule has 0 heterocycles. The molecular formula is C10H20BrNO. The molecule has 0 radical (unpaired) electrons. The minimum Gasteiger partial charge on any atom is -0.382 e. The Morgan fingerprint density at radius 3 is 2.69 bits per heavy atom. The quantitative estimate of drug-likeness (QED) is 0.484. The van der Waals surface area contributed by atoms with Crippen LogP contribution in [0, 0.1) is 0 Å². The zero-order valence-corrected chi connectivity index (χ0v) is 10.1. The third-order valence-corrected chi connectivity index (χ3v) is 2.73. The van der Waals surface area contributed by atoms with Gasteiger partial charge in [0.15, 0.2) is 0 Å². The van der Waals surface area contributed by atoms with Crippen molar-refractivity contribution in [2.45, 2.75) is 32.2 Å². The Morgan fingerprint density at radius 2 is 2.15 bits per heavy atom. The van der Waals surface area contributed by atoms with E-state index in [2.05, 4.69) is 27.8 Å². The van der Waals surface area contributed by atoms with Gasteiger partial charge in [-0.15, -0.1) is 0 Å². The molecule has 0 aromatic carbocycles. The molecule has 0 unspecified atom stereocenters. The first-order valence-corrected chi connectivity index (χ1v) is 6.38. The van der Waals surface area contributed by atoms with Crippen molar-refractivity contribution in [2.24, 2.45) is 0 Å². The fourth-order valence-corrected chi connectivity index (χ4v) is 1.99. The molecule has 0 atom stereocenters. The molecule has 0 amide bonds. The van der Waals surface area contributed by atoms with Gasteiger partial charge in [0.25, 0.3) is 0 Å². The largest absolute Gasteiger partial charge is 0.382 e. The van der Waals surface area contributed by atoms with Gasteiger partial charge < -0.3 is 4.74 Å². The van der Waals surface area contributed by atoms with Crippen LogP contribution >= 0.6 is 15.9 Å². The number of rotatable bonds is 8. The summed E-state index contributed by atoms with van der Waals surface area (Å²) in [5, 5.41) is 1.10. The molecular weight excluding hydrogens is 230 g/mol. The smallest absolute Gasteiger partial charge is 0.0478 e. The summed E-state index contributed by atoms with van der Waals surface area (Å²) in [6.45, 7) is 6.22. The van der Waals surface area contributed by atoms with Crippen LogP contribution in [0.2, 0.25) is 0 Å². The van der Waals surface area contributed by atoms with Crippen LogP contribution in [-0.2, 0) is 4.74 Å². The lowest BCUT2D eigenvalue weighted by atomic mass is 10.4. The minimum absolute atomic E-state index is 0.849. The Kier molecular flexibility index (Phi) is 6.00. The molecule has 0 bridgehead atoms. The van der Waals surface area contributed by atoms with Crippen LogP contribution < -0.4 is 0 Å². The molecule has 2 nitrogen and oxygen atoms in total. The average molecular weight is 250 g/mol. The number of hydrogen-bond donors (Lipinski definition) is 0. The molecule has 0 aliphatic heterocycles. The van der Waals surface area contributed by atoms with E-state index in [1.807, 2.05) is 0 Å². The van der Waals surface area contributed by atoms with E-state index < -0.39 is 0 Å². The molecule has 78 valence electrons. The summed E-state index contributed by atoms with van der Waals surface area (Å²) in [7, 11) is 0. The fourth-order valence-electron chi connectivity index (χ4n) is 1.54. The molecule has 0 aromatic rings. The van der Waals surface area contributed by atoms with Gasteiger partial charge in [-0.2, -0.15) is 0 Å². The second-order valence-corrected chi connectivity index (χ2v) is 4.30. The van der Waals surface area contributed by atoms with E-state index >= 15 is 0 Å². The van der Waals surface area contributed by atoms with Crippen molar-refractivity contribution in [2.75, 3.05) is 31.6 Å². The van der Waals surface area contributed by atoms with Crippen molar-refractivity contribution >= 4 is 15.9 Å². The van der Waals surface area contributed by atoms with Gasteiger partial charge in [-0.25, -0.2) is 0 Å². The highest BCUT2D eigenvalue weighted by atomic mass is 79.9. The van der Waals surface area contributed by atoms with Crippen LogP contribution in [0.15, 0.2) is 0 Å². The Hall–Kier alpha value is 0.400. The number of ether oxygens (including phenoxy) is 1. The second kappa shape index (κ2) is 6.80. The number of halogens is 1. The standard InChI is InChI=1S/C10H20BrNO/c1-2-13-9-3-7-12(8-6-11)10-4-5-10/h10H,2-9H2,1H3.